The number of aromatic nitrogens is 1. The highest BCUT2D eigenvalue weighted by Crippen LogP contribution is 2.33. The predicted octanol–water partition coefficient (Wildman–Crippen LogP) is 3.46. The van der Waals surface area contributed by atoms with Crippen molar-refractivity contribution in [1.82, 2.24) is 4.98 Å². The van der Waals surface area contributed by atoms with E-state index in [-0.39, 0.29) is 5.19 Å². The van der Waals surface area contributed by atoms with Gasteiger partial charge in [0, 0.05) is 6.85 Å². The summed E-state index contributed by atoms with van der Waals surface area (Å²) < 4.78 is 56.2. The number of thiazole rings is 1. The summed E-state index contributed by atoms with van der Waals surface area (Å²) >= 11 is 7.09. The lowest BCUT2D eigenvalue weighted by molar-refractivity contribution is 0.315. The van der Waals surface area contributed by atoms with Crippen molar-refractivity contribution in [3.8, 4) is 5.19 Å². The number of ether oxygens (including phenoxy) is 1. The number of rotatable bonds is 3. The molecule has 0 saturated carbocycles. The molecule has 1 heterocycles. The quantitative estimate of drug-likeness (QED) is 0.853. The van der Waals surface area contributed by atoms with Gasteiger partial charge < -0.3 is 4.74 Å². The summed E-state index contributed by atoms with van der Waals surface area (Å²) in [6.07, 6.45) is -3.16. The van der Waals surface area contributed by atoms with Crippen molar-refractivity contribution in [1.29, 1.82) is 0 Å². The number of nitrogens with zero attached hydrogens (tertiary/aromatic N) is 1. The second kappa shape index (κ2) is 4.42. The molecule has 0 aliphatic carbocycles. The second-order valence-corrected chi connectivity index (χ2v) is 4.40. The van der Waals surface area contributed by atoms with E-state index in [1.165, 1.54) is 0 Å². The van der Waals surface area contributed by atoms with Crippen LogP contribution in [0.3, 0.4) is 0 Å². The highest BCUT2D eigenvalue weighted by atomic mass is 79.9. The lowest BCUT2D eigenvalue weighted by Crippen LogP contribution is -1.93. The first-order chi connectivity index (χ1) is 7.88. The zero-order chi connectivity index (χ0) is 14.4. The minimum atomic E-state index is -3.16. The molecule has 0 aliphatic heterocycles. The maximum atomic E-state index is 7.45. The van der Waals surface area contributed by atoms with Crippen LogP contribution in [0.4, 0.5) is 0 Å². The average Bonchev–Trinajstić information content (AvgIpc) is 2.42. The summed E-state index contributed by atoms with van der Waals surface area (Å²) in [6, 6.07) is 0. The van der Waals surface area contributed by atoms with E-state index in [4.69, 9.17) is 14.3 Å². The zero-order valence-corrected chi connectivity index (χ0v) is 9.01. The highest BCUT2D eigenvalue weighted by molar-refractivity contribution is 9.13. The molecule has 0 aliphatic rings. The molecule has 62 valence electrons. The Morgan fingerprint density at radius 2 is 2.64 bits per heavy atom. The fourth-order valence-electron chi connectivity index (χ4n) is 0.379. The maximum absolute atomic E-state index is 7.45. The smallest absolute Gasteiger partial charge is 0.275 e. The van der Waals surface area contributed by atoms with Gasteiger partial charge in [0.1, 0.15) is 8.39 Å². The van der Waals surface area contributed by atoms with Gasteiger partial charge in [0.25, 0.3) is 5.19 Å². The van der Waals surface area contributed by atoms with Crippen LogP contribution in [0, 0.1) is 0 Å². The molecule has 0 aromatic carbocycles. The third-order valence-electron chi connectivity index (χ3n) is 0.718. The topological polar surface area (TPSA) is 22.1 Å². The van der Waals surface area contributed by atoms with E-state index in [0.29, 0.717) is 8.39 Å². The van der Waals surface area contributed by atoms with E-state index >= 15 is 0 Å². The lowest BCUT2D eigenvalue weighted by Gasteiger charge is -1.95. The van der Waals surface area contributed by atoms with Crippen LogP contribution in [0.1, 0.15) is 22.8 Å². The van der Waals surface area contributed by atoms with E-state index in [1.807, 2.05) is 0 Å². The maximum Gasteiger partial charge on any atom is 0.275 e. The summed E-state index contributed by atoms with van der Waals surface area (Å²) in [5.41, 5.74) is 0. The molecular formula is C6H7Br2NOS. The number of hydrogen-bond donors (Lipinski definition) is 0. The Labute approximate surface area is 96.1 Å². The van der Waals surface area contributed by atoms with Crippen LogP contribution in [0.25, 0.3) is 0 Å². The predicted molar refractivity (Wildman–Crippen MR) is 53.3 cm³/mol. The van der Waals surface area contributed by atoms with Gasteiger partial charge in [-0.3, -0.25) is 0 Å². The molecule has 0 bridgehead atoms. The monoisotopic (exact) mass is 306 g/mol. The molecule has 0 unspecified atom stereocenters. The van der Waals surface area contributed by atoms with Gasteiger partial charge in [-0.1, -0.05) is 18.2 Å². The van der Waals surface area contributed by atoms with E-state index in [0.717, 1.165) is 11.3 Å². The van der Waals surface area contributed by atoms with Gasteiger partial charge in [-0.15, -0.1) is 0 Å². The zero-order valence-electron chi connectivity index (χ0n) is 12.0. The Balaban J connectivity index is 3.01. The van der Waals surface area contributed by atoms with Gasteiger partial charge in [-0.05, 0) is 38.2 Å². The van der Waals surface area contributed by atoms with E-state index in [2.05, 4.69) is 36.8 Å². The molecule has 0 spiro atoms. The summed E-state index contributed by atoms with van der Waals surface area (Å²) in [6.45, 7) is -6.18. The summed E-state index contributed by atoms with van der Waals surface area (Å²) in [7, 11) is 0. The lowest BCUT2D eigenvalue weighted by atomic mass is 10.5. The van der Waals surface area contributed by atoms with E-state index in [9.17, 15) is 0 Å². The van der Waals surface area contributed by atoms with Crippen molar-refractivity contribution < 1.29 is 14.3 Å². The van der Waals surface area contributed by atoms with Crippen LogP contribution < -0.4 is 4.74 Å². The minimum Gasteiger partial charge on any atom is -0.470 e. The third-order valence-corrected chi connectivity index (χ3v) is 3.67. The molecule has 0 N–H and O–H groups in total. The van der Waals surface area contributed by atoms with E-state index in [1.54, 1.807) is 0 Å². The van der Waals surface area contributed by atoms with Crippen LogP contribution in [0.5, 0.6) is 5.19 Å². The Kier molecular flexibility index (Phi) is 1.46. The van der Waals surface area contributed by atoms with Crippen molar-refractivity contribution in [3.05, 3.63) is 8.39 Å². The molecule has 0 atom stereocenters. The molecule has 0 saturated heterocycles. The fourth-order valence-corrected chi connectivity index (χ4v) is 1.91. The average molecular weight is 308 g/mol. The van der Waals surface area contributed by atoms with Gasteiger partial charge in [0.2, 0.25) is 0 Å². The van der Waals surface area contributed by atoms with Gasteiger partial charge in [-0.25, -0.2) is 0 Å². The summed E-state index contributed by atoms with van der Waals surface area (Å²) in [5, 5.41) is -0.174. The SMILES string of the molecule is [2H]C([2H])([2H])C([2H])([2H])C([2H])([2H])Oc1nc(Br)c(Br)s1. The highest BCUT2D eigenvalue weighted by Gasteiger charge is 2.05. The van der Waals surface area contributed by atoms with Gasteiger partial charge in [-0.2, -0.15) is 4.98 Å². The number of hydrogen-bond acceptors (Lipinski definition) is 3. The molecule has 0 amide bonds. The van der Waals surface area contributed by atoms with E-state index < -0.39 is 19.8 Å². The first-order valence-electron chi connectivity index (χ1n) is 5.89. The summed E-state index contributed by atoms with van der Waals surface area (Å²) in [5.74, 6) is 0. The molecule has 1 aromatic rings. The normalized spacial score (nSPS) is 23.3. The summed E-state index contributed by atoms with van der Waals surface area (Å²) in [4.78, 5) is 3.77. The molecule has 2 nitrogen and oxygen atoms in total. The van der Waals surface area contributed by atoms with Crippen LogP contribution in [-0.4, -0.2) is 11.5 Å². The molecule has 5 heteroatoms. The van der Waals surface area contributed by atoms with Crippen LogP contribution in [0.2, 0.25) is 0 Å². The molecule has 11 heavy (non-hydrogen) atoms. The first kappa shape index (κ1) is 3.64. The second-order valence-electron chi connectivity index (χ2n) is 1.37. The van der Waals surface area contributed by atoms with Crippen molar-refractivity contribution >= 4 is 43.2 Å². The van der Waals surface area contributed by atoms with Crippen molar-refractivity contribution in [3.63, 3.8) is 0 Å². The Bertz CT molecular complexity index is 426. The molecule has 0 fully saturated rings. The first-order valence-corrected chi connectivity index (χ1v) is 4.79. The Hall–Kier alpha value is 0.390. The van der Waals surface area contributed by atoms with Crippen molar-refractivity contribution in [2.45, 2.75) is 13.2 Å². The largest absolute Gasteiger partial charge is 0.470 e. The Morgan fingerprint density at radius 3 is 3.18 bits per heavy atom. The molecular weight excluding hydrogens is 294 g/mol. The number of halogens is 2. The molecule has 1 aromatic heterocycles. The minimum absolute atomic E-state index is 0.174. The third kappa shape index (κ3) is 2.72. The standard InChI is InChI=1S/C6H7Br2NOS/c1-2-3-10-6-9-4(7)5(8)11-6/h2-3H2,1H3/i1D3,2D2,3D2. The van der Waals surface area contributed by atoms with Gasteiger partial charge in [0.15, 0.2) is 0 Å². The van der Waals surface area contributed by atoms with Crippen molar-refractivity contribution in [2.24, 2.45) is 0 Å². The van der Waals surface area contributed by atoms with Crippen LogP contribution in [-0.2, 0) is 0 Å². The van der Waals surface area contributed by atoms with Crippen LogP contribution in [0.15, 0.2) is 8.39 Å². The van der Waals surface area contributed by atoms with Gasteiger partial charge >= 0.3 is 0 Å². The van der Waals surface area contributed by atoms with Crippen molar-refractivity contribution in [2.75, 3.05) is 6.56 Å². The Morgan fingerprint density at radius 1 is 1.82 bits per heavy atom. The van der Waals surface area contributed by atoms with Gasteiger partial charge in [0.05, 0.1) is 9.30 Å². The fraction of sp³-hybridized carbons (Fsp3) is 0.500. The molecule has 1 rings (SSSR count). The molecule has 0 radical (unpaired) electrons. The van der Waals surface area contributed by atoms with Crippen LogP contribution >= 0.6 is 43.2 Å².